The van der Waals surface area contributed by atoms with Crippen molar-refractivity contribution in [2.24, 2.45) is 0 Å². The van der Waals surface area contributed by atoms with Crippen molar-refractivity contribution in [2.45, 2.75) is 37.1 Å². The summed E-state index contributed by atoms with van der Waals surface area (Å²) in [6.45, 7) is 1.23. The van der Waals surface area contributed by atoms with Crippen LogP contribution in [0.5, 0.6) is 0 Å². The van der Waals surface area contributed by atoms with Crippen LogP contribution in [-0.4, -0.2) is 30.7 Å². The number of nitrogens with one attached hydrogen (secondary N) is 1. The molecule has 150 valence electrons. The van der Waals surface area contributed by atoms with Gasteiger partial charge in [-0.05, 0) is 42.7 Å². The van der Waals surface area contributed by atoms with Crippen molar-refractivity contribution >= 4 is 33.0 Å². The van der Waals surface area contributed by atoms with E-state index < -0.39 is 14.9 Å². The Morgan fingerprint density at radius 3 is 2.43 bits per heavy atom. The molecule has 0 radical (unpaired) electrons. The highest BCUT2D eigenvalue weighted by molar-refractivity contribution is 7.89. The summed E-state index contributed by atoms with van der Waals surface area (Å²) in [6.07, 6.45) is 3.61. The Hall–Kier alpha value is -2.16. The van der Waals surface area contributed by atoms with Crippen molar-refractivity contribution in [3.63, 3.8) is 0 Å². The lowest BCUT2D eigenvalue weighted by Crippen LogP contribution is -2.32. The predicted molar refractivity (Wildman–Crippen MR) is 109 cm³/mol. The van der Waals surface area contributed by atoms with E-state index in [4.69, 9.17) is 11.6 Å². The minimum Gasteiger partial charge on any atom is -0.375 e. The van der Waals surface area contributed by atoms with Gasteiger partial charge in [0.1, 0.15) is 5.69 Å². The molecule has 0 atom stereocenters. The second kappa shape index (κ2) is 8.89. The van der Waals surface area contributed by atoms with E-state index in [2.05, 4.69) is 5.32 Å². The molecule has 9 heteroatoms. The third-order valence-corrected chi connectivity index (χ3v) is 6.87. The van der Waals surface area contributed by atoms with Crippen LogP contribution in [0.2, 0.25) is 5.02 Å². The SMILES string of the molecule is O=[N+]([O-])c1cc(S(=O)(=O)N2CCCCCC2)ccc1NCc1cccc(Cl)c1. The number of nitro benzene ring substituents is 1. The van der Waals surface area contributed by atoms with Crippen molar-refractivity contribution < 1.29 is 13.3 Å². The van der Waals surface area contributed by atoms with Crippen LogP contribution >= 0.6 is 11.6 Å². The molecule has 1 aliphatic rings. The quantitative estimate of drug-likeness (QED) is 0.548. The molecule has 28 heavy (non-hydrogen) atoms. The van der Waals surface area contributed by atoms with Gasteiger partial charge in [0.15, 0.2) is 0 Å². The fourth-order valence-corrected chi connectivity index (χ4v) is 5.00. The van der Waals surface area contributed by atoms with Gasteiger partial charge in [0.2, 0.25) is 10.0 Å². The van der Waals surface area contributed by atoms with Crippen molar-refractivity contribution in [2.75, 3.05) is 18.4 Å². The van der Waals surface area contributed by atoms with Crippen LogP contribution in [0.15, 0.2) is 47.4 Å². The first-order valence-corrected chi connectivity index (χ1v) is 11.0. The van der Waals surface area contributed by atoms with Gasteiger partial charge in [-0.1, -0.05) is 36.6 Å². The lowest BCUT2D eigenvalue weighted by Gasteiger charge is -2.20. The normalized spacial score (nSPS) is 15.8. The zero-order valence-electron chi connectivity index (χ0n) is 15.3. The molecule has 0 aliphatic carbocycles. The molecule has 3 rings (SSSR count). The number of hydrogen-bond donors (Lipinski definition) is 1. The molecule has 0 bridgehead atoms. The van der Waals surface area contributed by atoms with Crippen molar-refractivity contribution in [1.82, 2.24) is 4.31 Å². The van der Waals surface area contributed by atoms with Gasteiger partial charge in [-0.15, -0.1) is 0 Å². The first-order valence-electron chi connectivity index (χ1n) is 9.15. The van der Waals surface area contributed by atoms with Crippen molar-refractivity contribution in [3.05, 3.63) is 63.2 Å². The molecular weight excluding hydrogens is 402 g/mol. The molecule has 1 saturated heterocycles. The summed E-state index contributed by atoms with van der Waals surface area (Å²) in [5.74, 6) is 0. The number of nitrogens with zero attached hydrogens (tertiary/aromatic N) is 2. The fraction of sp³-hybridized carbons (Fsp3) is 0.368. The molecule has 0 amide bonds. The Morgan fingerprint density at radius 2 is 1.79 bits per heavy atom. The van der Waals surface area contributed by atoms with Gasteiger partial charge in [0.05, 0.1) is 9.82 Å². The number of halogens is 1. The smallest absolute Gasteiger partial charge is 0.293 e. The maximum Gasteiger partial charge on any atom is 0.293 e. The highest BCUT2D eigenvalue weighted by atomic mass is 35.5. The molecule has 1 fully saturated rings. The summed E-state index contributed by atoms with van der Waals surface area (Å²) >= 11 is 5.96. The van der Waals surface area contributed by atoms with Gasteiger partial charge in [-0.3, -0.25) is 10.1 Å². The minimum atomic E-state index is -3.75. The second-order valence-corrected chi connectivity index (χ2v) is 9.11. The van der Waals surface area contributed by atoms with Crippen LogP contribution in [0, 0.1) is 10.1 Å². The highest BCUT2D eigenvalue weighted by Gasteiger charge is 2.28. The van der Waals surface area contributed by atoms with Crippen LogP contribution in [0.1, 0.15) is 31.2 Å². The molecular formula is C19H22ClN3O4S. The maximum atomic E-state index is 12.9. The Balaban J connectivity index is 1.85. The van der Waals surface area contributed by atoms with Gasteiger partial charge >= 0.3 is 0 Å². The summed E-state index contributed by atoms with van der Waals surface area (Å²) in [7, 11) is -3.75. The minimum absolute atomic E-state index is 0.0468. The van der Waals surface area contributed by atoms with Gasteiger partial charge in [0, 0.05) is 30.7 Å². The van der Waals surface area contributed by atoms with E-state index in [-0.39, 0.29) is 16.3 Å². The van der Waals surface area contributed by atoms with Crippen LogP contribution in [0.3, 0.4) is 0 Å². The topological polar surface area (TPSA) is 92.5 Å². The summed E-state index contributed by atoms with van der Waals surface area (Å²) in [5.41, 5.74) is 0.862. The van der Waals surface area contributed by atoms with Crippen molar-refractivity contribution in [1.29, 1.82) is 0 Å². The van der Waals surface area contributed by atoms with Gasteiger partial charge < -0.3 is 5.32 Å². The van der Waals surface area contributed by atoms with E-state index in [1.807, 2.05) is 6.07 Å². The summed E-state index contributed by atoms with van der Waals surface area (Å²) in [6, 6.07) is 11.2. The number of rotatable bonds is 6. The fourth-order valence-electron chi connectivity index (χ4n) is 3.25. The van der Waals surface area contributed by atoms with E-state index in [1.54, 1.807) is 18.2 Å². The molecule has 7 nitrogen and oxygen atoms in total. The molecule has 0 aromatic heterocycles. The lowest BCUT2D eigenvalue weighted by molar-refractivity contribution is -0.384. The van der Waals surface area contributed by atoms with Crippen LogP contribution in [-0.2, 0) is 16.6 Å². The summed E-state index contributed by atoms with van der Waals surface area (Å²) in [4.78, 5) is 10.9. The number of nitro groups is 1. The third-order valence-electron chi connectivity index (χ3n) is 4.74. The lowest BCUT2D eigenvalue weighted by atomic mass is 10.2. The molecule has 2 aromatic carbocycles. The Labute approximate surface area is 169 Å². The first-order chi connectivity index (χ1) is 13.4. The summed E-state index contributed by atoms with van der Waals surface area (Å²) < 4.78 is 27.3. The Bertz CT molecular complexity index is 957. The number of hydrogen-bond acceptors (Lipinski definition) is 5. The zero-order chi connectivity index (χ0) is 20.1. The number of anilines is 1. The van der Waals surface area contributed by atoms with Gasteiger partial charge in [-0.25, -0.2) is 8.42 Å². The highest BCUT2D eigenvalue weighted by Crippen LogP contribution is 2.30. The van der Waals surface area contributed by atoms with E-state index in [9.17, 15) is 18.5 Å². The van der Waals surface area contributed by atoms with Crippen LogP contribution in [0.4, 0.5) is 11.4 Å². The Kier molecular flexibility index (Phi) is 6.53. The molecule has 0 unspecified atom stereocenters. The maximum absolute atomic E-state index is 12.9. The Morgan fingerprint density at radius 1 is 1.07 bits per heavy atom. The van der Waals surface area contributed by atoms with Gasteiger partial charge in [0.25, 0.3) is 5.69 Å². The molecule has 0 saturated carbocycles. The van der Waals surface area contributed by atoms with Gasteiger partial charge in [-0.2, -0.15) is 4.31 Å². The monoisotopic (exact) mass is 423 g/mol. The van der Waals surface area contributed by atoms with E-state index in [0.717, 1.165) is 37.3 Å². The standard InChI is InChI=1S/C19H22ClN3O4S/c20-16-7-5-6-15(12-16)14-21-18-9-8-17(13-19(18)23(24)25)28(26,27)22-10-3-1-2-4-11-22/h5-9,12-13,21H,1-4,10-11,14H2. The van der Waals surface area contributed by atoms with Crippen molar-refractivity contribution in [3.8, 4) is 0 Å². The molecule has 1 heterocycles. The van der Waals surface area contributed by atoms with Crippen LogP contribution in [0.25, 0.3) is 0 Å². The average molecular weight is 424 g/mol. The average Bonchev–Trinajstić information content (AvgIpc) is 2.96. The number of benzene rings is 2. The molecule has 2 aromatic rings. The first kappa shape index (κ1) is 20.6. The third kappa shape index (κ3) is 4.81. The molecule has 1 aliphatic heterocycles. The summed E-state index contributed by atoms with van der Waals surface area (Å²) in [5, 5.41) is 15.1. The second-order valence-electron chi connectivity index (χ2n) is 6.74. The molecule has 1 N–H and O–H groups in total. The predicted octanol–water partition coefficient (Wildman–Crippen LogP) is 4.43. The largest absolute Gasteiger partial charge is 0.375 e. The van der Waals surface area contributed by atoms with E-state index >= 15 is 0 Å². The van der Waals surface area contributed by atoms with E-state index in [0.29, 0.717) is 24.7 Å². The number of sulfonamides is 1. The molecule has 0 spiro atoms. The van der Waals surface area contributed by atoms with E-state index in [1.165, 1.54) is 16.4 Å². The zero-order valence-corrected chi connectivity index (χ0v) is 16.9. The van der Waals surface area contributed by atoms with Crippen LogP contribution < -0.4 is 5.32 Å².